The molecule has 0 saturated heterocycles. The van der Waals surface area contributed by atoms with Gasteiger partial charge in [-0.05, 0) is 24.3 Å². The Morgan fingerprint density at radius 1 is 1.39 bits per heavy atom. The molecule has 1 aromatic heterocycles. The van der Waals surface area contributed by atoms with Crippen molar-refractivity contribution in [3.8, 4) is 11.4 Å². The zero-order valence-corrected chi connectivity index (χ0v) is 9.57. The van der Waals surface area contributed by atoms with Gasteiger partial charge in [-0.15, -0.1) is 0 Å². The van der Waals surface area contributed by atoms with Crippen molar-refractivity contribution in [2.24, 2.45) is 0 Å². The lowest BCUT2D eigenvalue weighted by Crippen LogP contribution is -2.00. The molecule has 0 atom stereocenters. The molecule has 1 aromatic carbocycles. The average Bonchev–Trinajstić information content (AvgIpc) is 2.86. The van der Waals surface area contributed by atoms with Gasteiger partial charge in [-0.25, -0.2) is 0 Å². The van der Waals surface area contributed by atoms with E-state index in [0.29, 0.717) is 17.7 Å². The normalized spacial score (nSPS) is 10.1. The molecule has 0 amide bonds. The average molecular weight is 246 g/mol. The first kappa shape index (κ1) is 11.8. The number of hydrogen-bond acceptors (Lipinski definition) is 4. The van der Waals surface area contributed by atoms with Crippen LogP contribution in [0.15, 0.2) is 36.5 Å². The number of carbonyl (C=O) groups is 1. The van der Waals surface area contributed by atoms with Gasteiger partial charge in [0.1, 0.15) is 0 Å². The summed E-state index contributed by atoms with van der Waals surface area (Å²) in [6.07, 6.45) is 2.35. The molecule has 0 bridgehead atoms. The van der Waals surface area contributed by atoms with Crippen molar-refractivity contribution >= 4 is 12.0 Å². The minimum atomic E-state index is -0.521. The van der Waals surface area contributed by atoms with Gasteiger partial charge in [-0.1, -0.05) is 0 Å². The van der Waals surface area contributed by atoms with E-state index in [1.165, 1.54) is 19.2 Å². The standard InChI is InChI=1S/C12H10N2O4/c1-18-12-5-4-9(7-11(12)14(16)17)13-6-2-3-10(13)8-15/h2-8H,1H3. The monoisotopic (exact) mass is 246 g/mol. The summed E-state index contributed by atoms with van der Waals surface area (Å²) in [4.78, 5) is 21.2. The number of hydrogen-bond donors (Lipinski definition) is 0. The first-order valence-corrected chi connectivity index (χ1v) is 5.12. The predicted molar refractivity (Wildman–Crippen MR) is 64.4 cm³/mol. The maximum atomic E-state index is 10.9. The van der Waals surface area contributed by atoms with Crippen LogP contribution in [0.3, 0.4) is 0 Å². The molecular weight excluding hydrogens is 236 g/mol. The number of nitro groups is 1. The van der Waals surface area contributed by atoms with Gasteiger partial charge in [-0.2, -0.15) is 0 Å². The van der Waals surface area contributed by atoms with E-state index >= 15 is 0 Å². The van der Waals surface area contributed by atoms with Crippen LogP contribution in [0.2, 0.25) is 0 Å². The molecule has 0 fully saturated rings. The van der Waals surface area contributed by atoms with Gasteiger partial charge in [-0.3, -0.25) is 14.9 Å². The second kappa shape index (κ2) is 4.70. The fourth-order valence-electron chi connectivity index (χ4n) is 1.70. The van der Waals surface area contributed by atoms with Crippen molar-refractivity contribution < 1.29 is 14.5 Å². The number of benzene rings is 1. The van der Waals surface area contributed by atoms with Crippen molar-refractivity contribution in [2.75, 3.05) is 7.11 Å². The third-order valence-corrected chi connectivity index (χ3v) is 2.54. The first-order valence-electron chi connectivity index (χ1n) is 5.12. The molecule has 2 aromatic rings. The highest BCUT2D eigenvalue weighted by atomic mass is 16.6. The van der Waals surface area contributed by atoms with E-state index in [1.54, 1.807) is 29.0 Å². The fourth-order valence-corrected chi connectivity index (χ4v) is 1.70. The van der Waals surface area contributed by atoms with Crippen LogP contribution < -0.4 is 4.74 Å². The number of nitrogens with zero attached hydrogens (tertiary/aromatic N) is 2. The number of ether oxygens (including phenoxy) is 1. The summed E-state index contributed by atoms with van der Waals surface area (Å²) in [5, 5.41) is 10.9. The van der Waals surface area contributed by atoms with E-state index in [4.69, 9.17) is 4.74 Å². The summed E-state index contributed by atoms with van der Waals surface area (Å²) >= 11 is 0. The number of rotatable bonds is 4. The van der Waals surface area contributed by atoms with Gasteiger partial charge >= 0.3 is 5.69 Å². The van der Waals surface area contributed by atoms with Crippen molar-refractivity contribution in [1.82, 2.24) is 4.57 Å². The molecule has 18 heavy (non-hydrogen) atoms. The third-order valence-electron chi connectivity index (χ3n) is 2.54. The number of methoxy groups -OCH3 is 1. The minimum Gasteiger partial charge on any atom is -0.490 e. The first-order chi connectivity index (χ1) is 8.67. The van der Waals surface area contributed by atoms with Crippen LogP contribution in [0.1, 0.15) is 10.5 Å². The number of carbonyl (C=O) groups excluding carboxylic acids is 1. The van der Waals surface area contributed by atoms with Gasteiger partial charge in [0.2, 0.25) is 0 Å². The number of aldehydes is 1. The molecule has 6 heteroatoms. The smallest absolute Gasteiger partial charge is 0.312 e. The van der Waals surface area contributed by atoms with E-state index in [9.17, 15) is 14.9 Å². The zero-order chi connectivity index (χ0) is 13.1. The largest absolute Gasteiger partial charge is 0.490 e. The van der Waals surface area contributed by atoms with Crippen LogP contribution >= 0.6 is 0 Å². The van der Waals surface area contributed by atoms with Crippen molar-refractivity contribution in [3.63, 3.8) is 0 Å². The van der Waals surface area contributed by atoms with Crippen LogP contribution in [0.4, 0.5) is 5.69 Å². The molecule has 0 unspecified atom stereocenters. The summed E-state index contributed by atoms with van der Waals surface area (Å²) < 4.78 is 6.48. The fraction of sp³-hybridized carbons (Fsp3) is 0.0833. The van der Waals surface area contributed by atoms with E-state index in [0.717, 1.165) is 0 Å². The van der Waals surface area contributed by atoms with E-state index in [-0.39, 0.29) is 11.4 Å². The molecule has 6 nitrogen and oxygen atoms in total. The maximum absolute atomic E-state index is 10.9. The van der Waals surface area contributed by atoms with E-state index < -0.39 is 4.92 Å². The second-order valence-electron chi connectivity index (χ2n) is 3.53. The summed E-state index contributed by atoms with van der Waals surface area (Å²) in [5.74, 6) is 0.184. The van der Waals surface area contributed by atoms with Crippen molar-refractivity contribution in [1.29, 1.82) is 0 Å². The molecule has 2 rings (SSSR count). The van der Waals surface area contributed by atoms with Gasteiger partial charge < -0.3 is 9.30 Å². The lowest BCUT2D eigenvalue weighted by atomic mass is 10.2. The zero-order valence-electron chi connectivity index (χ0n) is 9.57. The molecule has 0 radical (unpaired) electrons. The van der Waals surface area contributed by atoms with Crippen molar-refractivity contribution in [3.05, 3.63) is 52.3 Å². The maximum Gasteiger partial charge on any atom is 0.312 e. The minimum absolute atomic E-state index is 0.138. The summed E-state index contributed by atoms with van der Waals surface area (Å²) in [6, 6.07) is 7.84. The van der Waals surface area contributed by atoms with Crippen LogP contribution in [0.5, 0.6) is 5.75 Å². The molecule has 92 valence electrons. The van der Waals surface area contributed by atoms with Crippen molar-refractivity contribution in [2.45, 2.75) is 0 Å². The highest BCUT2D eigenvalue weighted by molar-refractivity contribution is 5.74. The molecule has 1 heterocycles. The Morgan fingerprint density at radius 2 is 2.17 bits per heavy atom. The molecule has 0 aliphatic carbocycles. The third kappa shape index (κ3) is 1.95. The van der Waals surface area contributed by atoms with Gasteiger partial charge in [0.25, 0.3) is 0 Å². The Balaban J connectivity index is 2.57. The lowest BCUT2D eigenvalue weighted by Gasteiger charge is -2.07. The van der Waals surface area contributed by atoms with E-state index in [1.807, 2.05) is 0 Å². The van der Waals surface area contributed by atoms with Crippen LogP contribution in [0, 0.1) is 10.1 Å². The van der Waals surface area contributed by atoms with Crippen LogP contribution in [-0.2, 0) is 0 Å². The van der Waals surface area contributed by atoms with E-state index in [2.05, 4.69) is 0 Å². The molecule has 0 N–H and O–H groups in total. The van der Waals surface area contributed by atoms with Crippen LogP contribution in [0.25, 0.3) is 5.69 Å². The predicted octanol–water partition coefficient (Wildman–Crippen LogP) is 2.21. The lowest BCUT2D eigenvalue weighted by molar-refractivity contribution is -0.385. The molecule has 0 spiro atoms. The molecule has 0 aliphatic rings. The van der Waals surface area contributed by atoms with Crippen LogP contribution in [-0.4, -0.2) is 22.9 Å². The summed E-state index contributed by atoms with van der Waals surface area (Å²) in [7, 11) is 1.37. The highest BCUT2D eigenvalue weighted by Gasteiger charge is 2.16. The Labute approximate surface area is 103 Å². The number of aromatic nitrogens is 1. The van der Waals surface area contributed by atoms with Gasteiger partial charge in [0, 0.05) is 12.3 Å². The molecular formula is C12H10N2O4. The van der Waals surface area contributed by atoms with Gasteiger partial charge in [0.05, 0.1) is 23.4 Å². The highest BCUT2D eigenvalue weighted by Crippen LogP contribution is 2.29. The molecule has 0 saturated carbocycles. The Morgan fingerprint density at radius 3 is 2.78 bits per heavy atom. The Hall–Kier alpha value is -2.63. The quantitative estimate of drug-likeness (QED) is 0.471. The Kier molecular flexibility index (Phi) is 3.09. The second-order valence-corrected chi connectivity index (χ2v) is 3.53. The number of nitro benzene ring substituents is 1. The molecule has 0 aliphatic heterocycles. The SMILES string of the molecule is COc1ccc(-n2cccc2C=O)cc1[N+](=O)[O-]. The Bertz CT molecular complexity index is 604. The van der Waals surface area contributed by atoms with Gasteiger partial charge in [0.15, 0.2) is 12.0 Å². The summed E-state index contributed by atoms with van der Waals surface area (Å²) in [6.45, 7) is 0. The topological polar surface area (TPSA) is 74.4 Å². The summed E-state index contributed by atoms with van der Waals surface area (Å²) in [5.41, 5.74) is 0.824.